The molecule has 6 nitrogen and oxygen atoms in total. The molecule has 0 radical (unpaired) electrons. The van der Waals surface area contributed by atoms with Gasteiger partial charge in [0.15, 0.2) is 0 Å². The Hall–Kier alpha value is -3.49. The van der Waals surface area contributed by atoms with Crippen LogP contribution in [0.2, 0.25) is 0 Å². The molecule has 1 aromatic rings. The van der Waals surface area contributed by atoms with Crippen molar-refractivity contribution in [3.05, 3.63) is 96.4 Å². The molecule has 2 rings (SSSR count). The second-order valence-corrected chi connectivity index (χ2v) is 9.58. The highest BCUT2D eigenvalue weighted by molar-refractivity contribution is 6.00. The smallest absolute Gasteiger partial charge is 0.126 e. The number of benzene rings is 1. The van der Waals surface area contributed by atoms with Crippen LogP contribution >= 0.6 is 0 Å². The number of aryl methyl sites for hydroxylation is 1. The molecule has 1 aromatic carbocycles. The number of rotatable bonds is 12. The fraction of sp³-hybridized carbons (Fsp3) is 0.424. The summed E-state index contributed by atoms with van der Waals surface area (Å²) in [5.41, 5.74) is 8.43. The molecule has 226 valence electrons. The maximum absolute atomic E-state index is 12.3. The van der Waals surface area contributed by atoms with Crippen LogP contribution in [0.1, 0.15) is 45.1 Å². The summed E-state index contributed by atoms with van der Waals surface area (Å²) >= 11 is 0. The fourth-order valence-corrected chi connectivity index (χ4v) is 3.53. The molecule has 1 saturated heterocycles. The number of nitrogens with two attached hydrogens (primary N) is 1. The van der Waals surface area contributed by atoms with Gasteiger partial charge in [-0.15, -0.1) is 0 Å². The first-order valence-electron chi connectivity index (χ1n) is 14.0. The molecule has 0 spiro atoms. The number of likely N-dealkylation sites (tertiary alicyclic amines) is 1. The van der Waals surface area contributed by atoms with Crippen molar-refractivity contribution >= 4 is 18.8 Å². The van der Waals surface area contributed by atoms with Crippen LogP contribution in [0.25, 0.3) is 0 Å². The Kier molecular flexibility index (Phi) is 21.3. The SMILES string of the molecule is C=C/C(N=C)=C(\N=CN1CCCCC1)C(C)=NC.C=C/C=C\C=C\CN(C)CC(N)CC.Cc1cc(F)ccc1F. The summed E-state index contributed by atoms with van der Waals surface area (Å²) in [6.45, 7) is 20.5. The number of hydrogen-bond donors (Lipinski definition) is 1. The fourth-order valence-electron chi connectivity index (χ4n) is 3.53. The van der Waals surface area contributed by atoms with E-state index in [0.29, 0.717) is 11.3 Å². The van der Waals surface area contributed by atoms with Crippen LogP contribution in [0, 0.1) is 18.6 Å². The molecule has 0 saturated carbocycles. The van der Waals surface area contributed by atoms with Gasteiger partial charge < -0.3 is 15.5 Å². The van der Waals surface area contributed by atoms with Gasteiger partial charge in [-0.3, -0.25) is 9.98 Å². The highest BCUT2D eigenvalue weighted by Crippen LogP contribution is 2.12. The second-order valence-electron chi connectivity index (χ2n) is 9.58. The number of aliphatic imine (C=N–C) groups is 3. The maximum atomic E-state index is 12.3. The Balaban J connectivity index is 0.000000618. The third-order valence-corrected chi connectivity index (χ3v) is 6.13. The highest BCUT2D eigenvalue weighted by atomic mass is 19.1. The van der Waals surface area contributed by atoms with Crippen molar-refractivity contribution in [3.63, 3.8) is 0 Å². The third-order valence-electron chi connectivity index (χ3n) is 6.13. The molecule has 1 fully saturated rings. The Morgan fingerprint density at radius 3 is 2.34 bits per heavy atom. The lowest BCUT2D eigenvalue weighted by atomic mass is 10.1. The van der Waals surface area contributed by atoms with Gasteiger partial charge in [0.05, 0.1) is 17.7 Å². The molecule has 1 atom stereocenters. The van der Waals surface area contributed by atoms with E-state index in [9.17, 15) is 8.78 Å². The van der Waals surface area contributed by atoms with E-state index in [-0.39, 0.29) is 11.9 Å². The molecule has 0 amide bonds. The van der Waals surface area contributed by atoms with Gasteiger partial charge in [-0.25, -0.2) is 13.8 Å². The van der Waals surface area contributed by atoms with E-state index in [4.69, 9.17) is 5.73 Å². The summed E-state index contributed by atoms with van der Waals surface area (Å²) in [6, 6.07) is 3.67. The normalized spacial score (nSPS) is 15.2. The second kappa shape index (κ2) is 23.2. The number of hydrogen-bond acceptors (Lipinski definition) is 5. The first-order valence-corrected chi connectivity index (χ1v) is 14.0. The molecule has 41 heavy (non-hydrogen) atoms. The van der Waals surface area contributed by atoms with Gasteiger partial charge in [0, 0.05) is 39.3 Å². The molecule has 1 heterocycles. The molecule has 0 aliphatic carbocycles. The average Bonchev–Trinajstić information content (AvgIpc) is 2.98. The van der Waals surface area contributed by atoms with E-state index < -0.39 is 5.82 Å². The molecular formula is C33H50F2N6. The van der Waals surface area contributed by atoms with E-state index in [1.54, 1.807) is 19.2 Å². The molecule has 1 unspecified atom stereocenters. The average molecular weight is 569 g/mol. The minimum Gasteiger partial charge on any atom is -0.363 e. The van der Waals surface area contributed by atoms with Crippen molar-refractivity contribution in [1.29, 1.82) is 0 Å². The first kappa shape index (κ1) is 37.5. The van der Waals surface area contributed by atoms with Crippen molar-refractivity contribution in [2.75, 3.05) is 40.3 Å². The standard InChI is InChI=1S/C14H22N4.C12H22N2.C7H6F2/c1-5-13(16-4)14(12(2)15-3)17-11-18-9-7-6-8-10-18;1-4-6-7-8-9-10-14(3)11-12(13)5-2;1-5-4-6(8)2-3-7(5)9/h5,11H,1,4,6-10H2,2-3H3;4,6-9,12H,1,5,10-11,13H2,2-3H3;2-4H,1H3/b14-13+,15-12?,17-11?;7-6-,9-8+;. The van der Waals surface area contributed by atoms with Crippen LogP contribution in [0.5, 0.6) is 0 Å². The summed E-state index contributed by atoms with van der Waals surface area (Å²) in [7, 11) is 3.83. The summed E-state index contributed by atoms with van der Waals surface area (Å²) in [5, 5.41) is 0. The van der Waals surface area contributed by atoms with Gasteiger partial charge in [-0.05, 0) is 83.1 Å². The number of nitrogens with zero attached hydrogens (tertiary/aromatic N) is 5. The zero-order valence-electron chi connectivity index (χ0n) is 25.7. The van der Waals surface area contributed by atoms with E-state index in [1.807, 2.05) is 31.5 Å². The van der Waals surface area contributed by atoms with Gasteiger partial charge in [-0.1, -0.05) is 50.5 Å². The first-order chi connectivity index (χ1) is 19.6. The van der Waals surface area contributed by atoms with E-state index in [0.717, 1.165) is 62.2 Å². The molecule has 1 aliphatic heterocycles. The number of halogens is 2. The van der Waals surface area contributed by atoms with Crippen LogP contribution in [0.3, 0.4) is 0 Å². The van der Waals surface area contributed by atoms with Crippen LogP contribution < -0.4 is 5.73 Å². The predicted octanol–water partition coefficient (Wildman–Crippen LogP) is 6.92. The Morgan fingerprint density at radius 2 is 1.83 bits per heavy atom. The number of piperidine rings is 1. The van der Waals surface area contributed by atoms with Crippen LogP contribution in [0.4, 0.5) is 8.78 Å². The Labute approximate surface area is 247 Å². The summed E-state index contributed by atoms with van der Waals surface area (Å²) < 4.78 is 24.5. The van der Waals surface area contributed by atoms with Crippen molar-refractivity contribution in [2.24, 2.45) is 20.7 Å². The predicted molar refractivity (Wildman–Crippen MR) is 175 cm³/mol. The molecule has 2 N–H and O–H groups in total. The zero-order valence-corrected chi connectivity index (χ0v) is 25.7. The molecule has 1 aliphatic rings. The van der Waals surface area contributed by atoms with E-state index in [1.165, 1.54) is 26.2 Å². The lowest BCUT2D eigenvalue weighted by Gasteiger charge is -2.24. The minimum atomic E-state index is -0.395. The van der Waals surface area contributed by atoms with Gasteiger partial charge in [0.1, 0.15) is 17.3 Å². The largest absolute Gasteiger partial charge is 0.363 e. The number of allylic oxidation sites excluding steroid dienone is 6. The highest BCUT2D eigenvalue weighted by Gasteiger charge is 2.08. The maximum Gasteiger partial charge on any atom is 0.126 e. The van der Waals surface area contributed by atoms with Crippen molar-refractivity contribution in [2.45, 2.75) is 52.5 Å². The lowest BCUT2D eigenvalue weighted by Crippen LogP contribution is -2.34. The van der Waals surface area contributed by atoms with Gasteiger partial charge >= 0.3 is 0 Å². The van der Waals surface area contributed by atoms with E-state index >= 15 is 0 Å². The van der Waals surface area contributed by atoms with Gasteiger partial charge in [0.2, 0.25) is 0 Å². The molecule has 0 aromatic heterocycles. The van der Waals surface area contributed by atoms with Crippen LogP contribution in [-0.2, 0) is 0 Å². The van der Waals surface area contributed by atoms with Crippen LogP contribution in [-0.4, -0.2) is 74.9 Å². The summed E-state index contributed by atoms with van der Waals surface area (Å²) in [5.74, 6) is -0.759. The zero-order chi connectivity index (χ0) is 31.0. The van der Waals surface area contributed by atoms with Crippen molar-refractivity contribution < 1.29 is 8.78 Å². The monoisotopic (exact) mass is 568 g/mol. The van der Waals surface area contributed by atoms with Crippen LogP contribution in [0.15, 0.2) is 94.2 Å². The minimum absolute atomic E-state index is 0.289. The van der Waals surface area contributed by atoms with Gasteiger partial charge in [-0.2, -0.15) is 0 Å². The quantitative estimate of drug-likeness (QED) is 0.169. The Morgan fingerprint density at radius 1 is 1.15 bits per heavy atom. The Bertz CT molecular complexity index is 1060. The van der Waals surface area contributed by atoms with E-state index in [2.05, 4.69) is 64.7 Å². The lowest BCUT2D eigenvalue weighted by molar-refractivity contribution is 0.337. The molecular weight excluding hydrogens is 518 g/mol. The van der Waals surface area contributed by atoms with Crippen molar-refractivity contribution in [1.82, 2.24) is 9.80 Å². The molecule has 8 heteroatoms. The van der Waals surface area contributed by atoms with Crippen molar-refractivity contribution in [3.8, 4) is 0 Å². The topological polar surface area (TPSA) is 69.6 Å². The van der Waals surface area contributed by atoms with Gasteiger partial charge in [0.25, 0.3) is 0 Å². The summed E-state index contributed by atoms with van der Waals surface area (Å²) in [6.07, 6.45) is 18.1. The number of likely N-dealkylation sites (N-methyl/N-ethyl adjacent to an activating group) is 1. The third kappa shape index (κ3) is 17.7. The summed E-state index contributed by atoms with van der Waals surface area (Å²) in [4.78, 5) is 17.1. The molecule has 0 bridgehead atoms.